The zero-order chi connectivity index (χ0) is 16.2. The highest BCUT2D eigenvalue weighted by molar-refractivity contribution is 5.79. The van der Waals surface area contributed by atoms with E-state index in [1.165, 1.54) is 32.1 Å². The maximum Gasteiger partial charge on any atom is 0.293 e. The number of ether oxygens (including phenoxy) is 1. The Balaban J connectivity index is 1.60. The van der Waals surface area contributed by atoms with Crippen LogP contribution in [0.2, 0.25) is 0 Å². The van der Waals surface area contributed by atoms with Crippen molar-refractivity contribution in [3.05, 3.63) is 0 Å². The highest BCUT2D eigenvalue weighted by atomic mass is 16.5. The van der Waals surface area contributed by atoms with E-state index in [-0.39, 0.29) is 11.5 Å². The van der Waals surface area contributed by atoms with E-state index < -0.39 is 0 Å². The van der Waals surface area contributed by atoms with Crippen LogP contribution in [0.15, 0.2) is 0 Å². The lowest BCUT2D eigenvalue weighted by Gasteiger charge is -2.60. The van der Waals surface area contributed by atoms with Gasteiger partial charge in [-0.1, -0.05) is 13.8 Å². The minimum atomic E-state index is 0.129. The maximum atomic E-state index is 11.9. The first-order valence-corrected chi connectivity index (χ1v) is 9.60. The van der Waals surface area contributed by atoms with E-state index in [1.54, 1.807) is 0 Å². The fourth-order valence-corrected chi connectivity index (χ4v) is 7.29. The standard InChI is InChI=1S/C20H30O3/c1-19-9-7-14(22)11-13(19)3-4-15-16-5-6-18(23-12-21)20(16,2)10-8-17(15)19/h12-13,15-18H,3-11H2,1-2H3/t13?,15?,16?,17?,18-,19?,20?/m0/s1. The van der Waals surface area contributed by atoms with Crippen molar-refractivity contribution in [3.8, 4) is 0 Å². The summed E-state index contributed by atoms with van der Waals surface area (Å²) in [7, 11) is 0. The maximum absolute atomic E-state index is 11.9. The van der Waals surface area contributed by atoms with Crippen LogP contribution >= 0.6 is 0 Å². The Morgan fingerprint density at radius 3 is 2.57 bits per heavy atom. The predicted octanol–water partition coefficient (Wildman–Crippen LogP) is 4.14. The van der Waals surface area contributed by atoms with E-state index in [9.17, 15) is 9.59 Å². The van der Waals surface area contributed by atoms with Gasteiger partial charge in [0.2, 0.25) is 0 Å². The van der Waals surface area contributed by atoms with Crippen molar-refractivity contribution in [3.63, 3.8) is 0 Å². The van der Waals surface area contributed by atoms with Crippen LogP contribution in [0.1, 0.15) is 71.6 Å². The van der Waals surface area contributed by atoms with Gasteiger partial charge in [0.25, 0.3) is 6.47 Å². The molecule has 0 amide bonds. The first-order chi connectivity index (χ1) is 11.0. The summed E-state index contributed by atoms with van der Waals surface area (Å²) in [4.78, 5) is 22.8. The van der Waals surface area contributed by atoms with Crippen LogP contribution in [-0.2, 0) is 14.3 Å². The lowest BCUT2D eigenvalue weighted by atomic mass is 9.45. The Morgan fingerprint density at radius 1 is 1.00 bits per heavy atom. The zero-order valence-corrected chi connectivity index (χ0v) is 14.6. The largest absolute Gasteiger partial charge is 0.464 e. The van der Waals surface area contributed by atoms with Gasteiger partial charge in [0.1, 0.15) is 11.9 Å². The number of hydrogen-bond acceptors (Lipinski definition) is 3. The van der Waals surface area contributed by atoms with Crippen LogP contribution in [0.5, 0.6) is 0 Å². The number of Topliss-reactive ketones (excluding diaryl/α,β-unsaturated/α-hetero) is 1. The molecule has 3 heteroatoms. The summed E-state index contributed by atoms with van der Waals surface area (Å²) < 4.78 is 5.48. The van der Waals surface area contributed by atoms with E-state index in [4.69, 9.17) is 4.74 Å². The van der Waals surface area contributed by atoms with Gasteiger partial charge in [-0.2, -0.15) is 0 Å². The first-order valence-electron chi connectivity index (χ1n) is 9.60. The number of fused-ring (bicyclic) bond motifs is 5. The van der Waals surface area contributed by atoms with Gasteiger partial charge in [0.15, 0.2) is 0 Å². The average Bonchev–Trinajstić information content (AvgIpc) is 2.85. The van der Waals surface area contributed by atoms with Gasteiger partial charge in [-0.3, -0.25) is 9.59 Å². The quantitative estimate of drug-likeness (QED) is 0.719. The van der Waals surface area contributed by atoms with Gasteiger partial charge < -0.3 is 4.74 Å². The summed E-state index contributed by atoms with van der Waals surface area (Å²) >= 11 is 0. The van der Waals surface area contributed by atoms with E-state index in [1.807, 2.05) is 0 Å². The Morgan fingerprint density at radius 2 is 1.78 bits per heavy atom. The van der Waals surface area contributed by atoms with Crippen molar-refractivity contribution in [2.24, 2.45) is 34.5 Å². The topological polar surface area (TPSA) is 43.4 Å². The molecule has 4 fully saturated rings. The smallest absolute Gasteiger partial charge is 0.293 e. The van der Waals surface area contributed by atoms with Crippen LogP contribution in [0.3, 0.4) is 0 Å². The molecule has 6 unspecified atom stereocenters. The van der Waals surface area contributed by atoms with Crippen LogP contribution in [0.25, 0.3) is 0 Å². The van der Waals surface area contributed by atoms with Crippen LogP contribution in [-0.4, -0.2) is 18.4 Å². The number of rotatable bonds is 2. The molecule has 0 saturated heterocycles. The van der Waals surface area contributed by atoms with Gasteiger partial charge in [-0.25, -0.2) is 0 Å². The van der Waals surface area contributed by atoms with Crippen molar-refractivity contribution in [1.29, 1.82) is 0 Å². The van der Waals surface area contributed by atoms with E-state index >= 15 is 0 Å². The van der Waals surface area contributed by atoms with Gasteiger partial charge in [0, 0.05) is 18.3 Å². The van der Waals surface area contributed by atoms with Crippen LogP contribution < -0.4 is 0 Å². The fraction of sp³-hybridized carbons (Fsp3) is 0.900. The second-order valence-corrected chi connectivity index (χ2v) is 9.24. The van der Waals surface area contributed by atoms with Gasteiger partial charge in [0.05, 0.1) is 0 Å². The molecule has 0 aromatic heterocycles. The third-order valence-electron chi connectivity index (χ3n) is 8.61. The Hall–Kier alpha value is -0.860. The normalized spacial score (nSPS) is 52.3. The van der Waals surface area contributed by atoms with Crippen molar-refractivity contribution in [1.82, 2.24) is 0 Å². The van der Waals surface area contributed by atoms with Crippen molar-refractivity contribution >= 4 is 12.3 Å². The lowest BCUT2D eigenvalue weighted by Crippen LogP contribution is -2.54. The molecule has 0 spiro atoms. The summed E-state index contributed by atoms with van der Waals surface area (Å²) in [6, 6.07) is 0. The molecule has 7 atom stereocenters. The van der Waals surface area contributed by atoms with Gasteiger partial charge in [-0.05, 0) is 74.0 Å². The molecule has 23 heavy (non-hydrogen) atoms. The third-order valence-corrected chi connectivity index (χ3v) is 8.61. The van der Waals surface area contributed by atoms with Crippen LogP contribution in [0.4, 0.5) is 0 Å². The number of carbonyl (C=O) groups is 2. The molecule has 4 rings (SSSR count). The molecular weight excluding hydrogens is 288 g/mol. The number of ketones is 1. The summed E-state index contributed by atoms with van der Waals surface area (Å²) in [6.07, 6.45) is 10.1. The lowest BCUT2D eigenvalue weighted by molar-refractivity contribution is -0.153. The van der Waals surface area contributed by atoms with E-state index in [2.05, 4.69) is 13.8 Å². The predicted molar refractivity (Wildman–Crippen MR) is 87.7 cm³/mol. The fourth-order valence-electron chi connectivity index (χ4n) is 7.29. The second kappa shape index (κ2) is 5.32. The number of hydrogen-bond donors (Lipinski definition) is 0. The molecule has 0 radical (unpaired) electrons. The average molecular weight is 318 g/mol. The molecule has 0 aromatic rings. The molecule has 0 heterocycles. The molecule has 128 valence electrons. The molecule has 4 aliphatic carbocycles. The summed E-state index contributed by atoms with van der Waals surface area (Å²) in [5, 5.41) is 0. The molecule has 0 N–H and O–H groups in total. The summed E-state index contributed by atoms with van der Waals surface area (Å²) in [5.41, 5.74) is 0.567. The Bertz CT molecular complexity index is 515. The highest BCUT2D eigenvalue weighted by Gasteiger charge is 2.60. The zero-order valence-electron chi connectivity index (χ0n) is 14.6. The van der Waals surface area contributed by atoms with E-state index in [0.29, 0.717) is 29.5 Å². The van der Waals surface area contributed by atoms with Gasteiger partial charge in [-0.15, -0.1) is 0 Å². The minimum absolute atomic E-state index is 0.129. The SMILES string of the molecule is CC12CCC(=O)CC1CCC1C2CCC2(C)C1CC[C@@H]2OC=O. The summed E-state index contributed by atoms with van der Waals surface area (Å²) in [5.74, 6) is 3.39. The van der Waals surface area contributed by atoms with E-state index in [0.717, 1.165) is 37.5 Å². The van der Waals surface area contributed by atoms with Gasteiger partial charge >= 0.3 is 0 Å². The van der Waals surface area contributed by atoms with Crippen LogP contribution in [0, 0.1) is 34.5 Å². The van der Waals surface area contributed by atoms with Crippen molar-refractivity contribution < 1.29 is 14.3 Å². The molecule has 3 nitrogen and oxygen atoms in total. The minimum Gasteiger partial charge on any atom is -0.464 e. The summed E-state index contributed by atoms with van der Waals surface area (Å²) in [6.45, 7) is 5.52. The molecule has 0 bridgehead atoms. The monoisotopic (exact) mass is 318 g/mol. The molecule has 0 aliphatic heterocycles. The third kappa shape index (κ3) is 2.14. The second-order valence-electron chi connectivity index (χ2n) is 9.24. The Labute approximate surface area is 139 Å². The van der Waals surface area contributed by atoms with Crippen molar-refractivity contribution in [2.75, 3.05) is 0 Å². The molecule has 0 aromatic carbocycles. The Kier molecular flexibility index (Phi) is 3.62. The molecule has 4 aliphatic rings. The highest BCUT2D eigenvalue weighted by Crippen LogP contribution is 2.66. The molecule has 4 saturated carbocycles. The number of carbonyl (C=O) groups excluding carboxylic acids is 2. The first kappa shape index (κ1) is 15.7. The van der Waals surface area contributed by atoms with Crippen molar-refractivity contribution in [2.45, 2.75) is 77.7 Å². The molecular formula is C20H30O3.